The third-order valence-electron chi connectivity index (χ3n) is 8.50. The van der Waals surface area contributed by atoms with Crippen LogP contribution in [-0.4, -0.2) is 88.6 Å². The van der Waals surface area contributed by atoms with E-state index in [0.29, 0.717) is 5.56 Å². The molecule has 3 aromatic rings. The molecule has 3 aromatic carbocycles. The fourth-order valence-electron chi connectivity index (χ4n) is 5.93. The highest BCUT2D eigenvalue weighted by atomic mass is 16.5. The molecule has 0 saturated carbocycles. The second-order valence-electron chi connectivity index (χ2n) is 11.2. The standard InChI is InChI=1S/C34H44N4O3/c1-41-27-5-3-2-4-18-35-19-21-36(22-20-35)32-14-16-33(17-15-32)38-25-23-37(24-26-38)31-12-10-29(11-13-31)28-6-8-30(9-7-28)34(39)40/h6-17H,2-5,18-27H2,1H3,(H,39,40). The van der Waals surface area contributed by atoms with Crippen LogP contribution in [0.4, 0.5) is 17.1 Å². The van der Waals surface area contributed by atoms with E-state index in [0.717, 1.165) is 70.1 Å². The molecule has 0 radical (unpaired) electrons. The van der Waals surface area contributed by atoms with Gasteiger partial charge in [-0.1, -0.05) is 37.1 Å². The first-order valence-electron chi connectivity index (χ1n) is 15.1. The van der Waals surface area contributed by atoms with Gasteiger partial charge in [0.25, 0.3) is 0 Å². The number of anilines is 3. The Labute approximate surface area is 244 Å². The summed E-state index contributed by atoms with van der Waals surface area (Å²) >= 11 is 0. The zero-order valence-electron chi connectivity index (χ0n) is 24.4. The van der Waals surface area contributed by atoms with Crippen molar-refractivity contribution in [3.05, 3.63) is 78.4 Å². The van der Waals surface area contributed by atoms with Crippen LogP contribution in [0.5, 0.6) is 0 Å². The van der Waals surface area contributed by atoms with Gasteiger partial charge in [0.15, 0.2) is 0 Å². The Balaban J connectivity index is 1.05. The summed E-state index contributed by atoms with van der Waals surface area (Å²) in [5.74, 6) is -0.897. The number of methoxy groups -OCH3 is 1. The molecule has 5 rings (SSSR count). The quantitative estimate of drug-likeness (QED) is 0.287. The van der Waals surface area contributed by atoms with Crippen LogP contribution in [-0.2, 0) is 4.74 Å². The first kappa shape index (κ1) is 29.0. The molecule has 0 spiro atoms. The van der Waals surface area contributed by atoms with Crippen LogP contribution in [0.15, 0.2) is 72.8 Å². The van der Waals surface area contributed by atoms with Crippen molar-refractivity contribution in [2.45, 2.75) is 25.7 Å². The van der Waals surface area contributed by atoms with Gasteiger partial charge in [0.2, 0.25) is 0 Å². The predicted octanol–water partition coefficient (Wildman–Crippen LogP) is 5.71. The minimum atomic E-state index is -0.897. The van der Waals surface area contributed by atoms with Gasteiger partial charge in [-0.25, -0.2) is 4.79 Å². The largest absolute Gasteiger partial charge is 0.478 e. The number of ether oxygens (including phenoxy) is 1. The van der Waals surface area contributed by atoms with Gasteiger partial charge in [-0.15, -0.1) is 0 Å². The second kappa shape index (κ2) is 14.4. The average Bonchev–Trinajstić information content (AvgIpc) is 3.03. The first-order chi connectivity index (χ1) is 20.1. The van der Waals surface area contributed by atoms with Gasteiger partial charge in [0.1, 0.15) is 0 Å². The van der Waals surface area contributed by atoms with E-state index in [1.165, 1.54) is 49.3 Å². The summed E-state index contributed by atoms with van der Waals surface area (Å²) in [4.78, 5) is 21.2. The molecule has 7 heteroatoms. The van der Waals surface area contributed by atoms with Crippen molar-refractivity contribution >= 4 is 23.0 Å². The molecule has 0 unspecified atom stereocenters. The van der Waals surface area contributed by atoms with E-state index in [9.17, 15) is 4.79 Å². The van der Waals surface area contributed by atoms with Gasteiger partial charge in [-0.3, -0.25) is 4.90 Å². The molecule has 2 saturated heterocycles. The molecule has 2 aliphatic rings. The monoisotopic (exact) mass is 556 g/mol. The lowest BCUT2D eigenvalue weighted by Crippen LogP contribution is -2.47. The summed E-state index contributed by atoms with van der Waals surface area (Å²) in [6, 6.07) is 24.8. The summed E-state index contributed by atoms with van der Waals surface area (Å²) < 4.78 is 5.15. The van der Waals surface area contributed by atoms with Crippen molar-refractivity contribution in [1.29, 1.82) is 0 Å². The van der Waals surface area contributed by atoms with E-state index in [1.807, 2.05) is 12.1 Å². The van der Waals surface area contributed by atoms with Gasteiger partial charge < -0.3 is 24.5 Å². The van der Waals surface area contributed by atoms with Crippen molar-refractivity contribution in [2.24, 2.45) is 0 Å². The Morgan fingerprint density at radius 3 is 1.49 bits per heavy atom. The number of rotatable bonds is 12. The number of hydrogen-bond donors (Lipinski definition) is 1. The predicted molar refractivity (Wildman–Crippen MR) is 169 cm³/mol. The van der Waals surface area contributed by atoms with Crippen molar-refractivity contribution in [2.75, 3.05) is 87.3 Å². The third-order valence-corrected chi connectivity index (χ3v) is 8.50. The normalized spacial score (nSPS) is 16.3. The number of carboxylic acid groups (broad SMARTS) is 1. The summed E-state index contributed by atoms with van der Waals surface area (Å²) in [5.41, 5.74) is 6.31. The Hall–Kier alpha value is -3.55. The number of piperazine rings is 2. The second-order valence-corrected chi connectivity index (χ2v) is 11.2. The molecule has 0 amide bonds. The maximum atomic E-state index is 11.1. The molecule has 0 aliphatic carbocycles. The number of unbranched alkanes of at least 4 members (excludes halogenated alkanes) is 3. The molecule has 7 nitrogen and oxygen atoms in total. The first-order valence-corrected chi connectivity index (χ1v) is 15.1. The minimum absolute atomic E-state index is 0.312. The van der Waals surface area contributed by atoms with Crippen LogP contribution in [0.25, 0.3) is 11.1 Å². The van der Waals surface area contributed by atoms with Crippen LogP contribution >= 0.6 is 0 Å². The topological polar surface area (TPSA) is 59.5 Å². The van der Waals surface area contributed by atoms with Crippen molar-refractivity contribution in [3.63, 3.8) is 0 Å². The van der Waals surface area contributed by atoms with Gasteiger partial charge in [-0.05, 0) is 79.0 Å². The summed E-state index contributed by atoms with van der Waals surface area (Å²) in [7, 11) is 1.78. The van der Waals surface area contributed by atoms with Crippen molar-refractivity contribution < 1.29 is 14.6 Å². The molecule has 2 fully saturated rings. The van der Waals surface area contributed by atoms with Gasteiger partial charge in [0.05, 0.1) is 5.56 Å². The smallest absolute Gasteiger partial charge is 0.335 e. The summed E-state index contributed by atoms with van der Waals surface area (Å²) in [5, 5.41) is 9.12. The van der Waals surface area contributed by atoms with Crippen molar-refractivity contribution in [1.82, 2.24) is 4.90 Å². The number of benzene rings is 3. The van der Waals surface area contributed by atoms with Crippen LogP contribution in [0, 0.1) is 0 Å². The lowest BCUT2D eigenvalue weighted by Gasteiger charge is -2.38. The maximum absolute atomic E-state index is 11.1. The molecular formula is C34H44N4O3. The Bertz CT molecular complexity index is 1210. The lowest BCUT2D eigenvalue weighted by atomic mass is 10.0. The van der Waals surface area contributed by atoms with E-state index in [-0.39, 0.29) is 0 Å². The molecule has 2 aliphatic heterocycles. The van der Waals surface area contributed by atoms with Crippen LogP contribution in [0.1, 0.15) is 36.0 Å². The number of aromatic carboxylic acids is 1. The zero-order chi connectivity index (χ0) is 28.4. The highest BCUT2D eigenvalue weighted by molar-refractivity contribution is 5.88. The van der Waals surface area contributed by atoms with E-state index in [1.54, 1.807) is 19.2 Å². The minimum Gasteiger partial charge on any atom is -0.478 e. The highest BCUT2D eigenvalue weighted by Crippen LogP contribution is 2.27. The number of hydrogen-bond acceptors (Lipinski definition) is 6. The van der Waals surface area contributed by atoms with Crippen LogP contribution in [0.3, 0.4) is 0 Å². The Morgan fingerprint density at radius 2 is 1.02 bits per heavy atom. The molecule has 2 heterocycles. The van der Waals surface area contributed by atoms with E-state index < -0.39 is 5.97 Å². The van der Waals surface area contributed by atoms with Crippen LogP contribution in [0.2, 0.25) is 0 Å². The Morgan fingerprint density at radius 1 is 0.610 bits per heavy atom. The van der Waals surface area contributed by atoms with Crippen molar-refractivity contribution in [3.8, 4) is 11.1 Å². The molecule has 0 bridgehead atoms. The molecule has 0 aromatic heterocycles. The molecular weight excluding hydrogens is 512 g/mol. The van der Waals surface area contributed by atoms with Gasteiger partial charge in [0, 0.05) is 83.1 Å². The maximum Gasteiger partial charge on any atom is 0.335 e. The summed E-state index contributed by atoms with van der Waals surface area (Å²) in [6.45, 7) is 10.6. The zero-order valence-corrected chi connectivity index (χ0v) is 24.4. The fourth-order valence-corrected chi connectivity index (χ4v) is 5.93. The Kier molecular flexibility index (Phi) is 10.2. The fraction of sp³-hybridized carbons (Fsp3) is 0.441. The molecule has 0 atom stereocenters. The van der Waals surface area contributed by atoms with E-state index in [4.69, 9.17) is 9.84 Å². The van der Waals surface area contributed by atoms with Gasteiger partial charge in [-0.2, -0.15) is 0 Å². The summed E-state index contributed by atoms with van der Waals surface area (Å²) in [6.07, 6.45) is 5.05. The number of carboxylic acids is 1. The molecule has 41 heavy (non-hydrogen) atoms. The number of nitrogens with zero attached hydrogens (tertiary/aromatic N) is 4. The number of carbonyl (C=O) groups is 1. The highest BCUT2D eigenvalue weighted by Gasteiger charge is 2.20. The SMILES string of the molecule is COCCCCCCN1CCN(c2ccc(N3CCN(c4ccc(-c5ccc(C(=O)O)cc5)cc4)CC3)cc2)CC1. The van der Waals surface area contributed by atoms with E-state index in [2.05, 4.69) is 68.1 Å². The average molecular weight is 557 g/mol. The third kappa shape index (κ3) is 7.80. The lowest BCUT2D eigenvalue weighted by molar-refractivity contribution is 0.0697. The molecule has 1 N–H and O–H groups in total. The van der Waals surface area contributed by atoms with Gasteiger partial charge >= 0.3 is 5.97 Å². The van der Waals surface area contributed by atoms with E-state index >= 15 is 0 Å². The van der Waals surface area contributed by atoms with Crippen LogP contribution < -0.4 is 14.7 Å². The molecule has 218 valence electrons.